The number of fused-ring (bicyclic) bond motifs is 1. The number of hydrogen-bond acceptors (Lipinski definition) is 4. The summed E-state index contributed by atoms with van der Waals surface area (Å²) in [7, 11) is -3.70. The van der Waals surface area contributed by atoms with Crippen LogP contribution >= 0.6 is 0 Å². The topological polar surface area (TPSA) is 49.9 Å². The number of hydrogen-bond donors (Lipinski definition) is 0. The Morgan fingerprint density at radius 1 is 0.860 bits per heavy atom. The van der Waals surface area contributed by atoms with Gasteiger partial charge in [0, 0.05) is 42.2 Å². The van der Waals surface area contributed by atoms with Gasteiger partial charge in [-0.3, -0.25) is 0 Å². The van der Waals surface area contributed by atoms with Crippen LogP contribution in [-0.2, 0) is 33.3 Å². The van der Waals surface area contributed by atoms with Gasteiger partial charge in [0.1, 0.15) is 0 Å². The predicted molar refractivity (Wildman–Crippen MR) is 171 cm³/mol. The minimum absolute atomic E-state index is 0.0188. The lowest BCUT2D eigenvalue weighted by Gasteiger charge is -2.50. The first-order valence-corrected chi connectivity index (χ1v) is 16.6. The molecular formula is C37H38N2O3S. The predicted octanol–water partition coefficient (Wildman–Crippen LogP) is 6.88. The van der Waals surface area contributed by atoms with Crippen LogP contribution in [0.15, 0.2) is 126 Å². The minimum Gasteiger partial charge on any atom is -0.376 e. The highest BCUT2D eigenvalue weighted by Gasteiger charge is 2.65. The van der Waals surface area contributed by atoms with E-state index >= 15 is 0 Å². The number of rotatable bonds is 8. The van der Waals surface area contributed by atoms with Gasteiger partial charge in [-0.25, -0.2) is 8.42 Å². The maximum Gasteiger partial charge on any atom is 0.243 e. The number of benzene rings is 4. The molecule has 1 spiro atoms. The Balaban J connectivity index is 1.31. The van der Waals surface area contributed by atoms with E-state index in [1.165, 1.54) is 16.8 Å². The average Bonchev–Trinajstić information content (AvgIpc) is 3.54. The minimum atomic E-state index is -3.70. The lowest BCUT2D eigenvalue weighted by atomic mass is 9.60. The molecule has 7 rings (SSSR count). The highest BCUT2D eigenvalue weighted by atomic mass is 32.2. The third kappa shape index (κ3) is 4.73. The van der Waals surface area contributed by atoms with E-state index < -0.39 is 10.0 Å². The fourth-order valence-corrected chi connectivity index (χ4v) is 9.59. The molecule has 0 radical (unpaired) electrons. The third-order valence-corrected chi connectivity index (χ3v) is 11.8. The van der Waals surface area contributed by atoms with Crippen LogP contribution in [0.5, 0.6) is 0 Å². The SMILES string of the molecule is C=C1C[C@H]2N(S(=O)(=O)c3ccc(C)cc3)CC[C@@]23c2ccccc2N(Cc2ccccc2)[C@H]3[C@@H]1COCc1ccccc1. The third-order valence-electron chi connectivity index (χ3n) is 9.86. The van der Waals surface area contributed by atoms with Gasteiger partial charge in [-0.1, -0.05) is 109 Å². The average molecular weight is 591 g/mol. The molecule has 2 aliphatic heterocycles. The molecule has 1 saturated heterocycles. The van der Waals surface area contributed by atoms with Crippen molar-refractivity contribution in [3.63, 3.8) is 0 Å². The van der Waals surface area contributed by atoms with Crippen molar-refractivity contribution >= 4 is 15.7 Å². The fraction of sp³-hybridized carbons (Fsp3) is 0.297. The molecule has 0 aromatic heterocycles. The second-order valence-corrected chi connectivity index (χ2v) is 14.2. The van der Waals surface area contributed by atoms with Gasteiger partial charge in [0.05, 0.1) is 18.1 Å². The standard InChI is InChI=1S/C37H38N2O3S/c1-27-17-19-31(20-18-27)43(40,41)39-22-21-37-33-15-9-10-16-34(33)38(24-29-11-5-3-6-12-29)36(37)32(28(2)23-35(37)39)26-42-25-30-13-7-4-8-14-30/h3-20,32,35-36H,2,21-26H2,1H3/t32-,35-,36+,37-/m1/s1. The normalized spacial score (nSPS) is 24.9. The Morgan fingerprint density at radius 2 is 1.51 bits per heavy atom. The Labute approximate surface area is 255 Å². The number of sulfonamides is 1. The van der Waals surface area contributed by atoms with Crippen LogP contribution in [0.2, 0.25) is 0 Å². The molecule has 4 atom stereocenters. The molecule has 0 amide bonds. The molecule has 1 saturated carbocycles. The molecule has 3 aliphatic rings. The van der Waals surface area contributed by atoms with Gasteiger partial charge in [-0.05, 0) is 54.7 Å². The summed E-state index contributed by atoms with van der Waals surface area (Å²) in [6.07, 6.45) is 1.38. The van der Waals surface area contributed by atoms with Crippen molar-refractivity contribution in [3.05, 3.63) is 144 Å². The summed E-state index contributed by atoms with van der Waals surface area (Å²) in [5.74, 6) is 0.0538. The Hall–Kier alpha value is -3.71. The molecular weight excluding hydrogens is 552 g/mol. The quantitative estimate of drug-likeness (QED) is 0.210. The summed E-state index contributed by atoms with van der Waals surface area (Å²) in [4.78, 5) is 2.89. The zero-order valence-electron chi connectivity index (χ0n) is 24.6. The Morgan fingerprint density at radius 3 is 2.23 bits per heavy atom. The van der Waals surface area contributed by atoms with Gasteiger partial charge in [-0.2, -0.15) is 4.31 Å². The van der Waals surface area contributed by atoms with Gasteiger partial charge in [-0.15, -0.1) is 0 Å². The number of para-hydroxylation sites is 1. The molecule has 220 valence electrons. The van der Waals surface area contributed by atoms with Crippen molar-refractivity contribution in [1.29, 1.82) is 0 Å². The monoisotopic (exact) mass is 590 g/mol. The Kier molecular flexibility index (Phi) is 7.24. The largest absolute Gasteiger partial charge is 0.376 e. The Bertz CT molecular complexity index is 1720. The van der Waals surface area contributed by atoms with Crippen molar-refractivity contribution < 1.29 is 13.2 Å². The van der Waals surface area contributed by atoms with E-state index in [4.69, 9.17) is 4.74 Å². The van der Waals surface area contributed by atoms with Gasteiger partial charge < -0.3 is 9.64 Å². The molecule has 1 aliphatic carbocycles. The molecule has 0 N–H and O–H groups in total. The first-order valence-electron chi connectivity index (χ1n) is 15.2. The van der Waals surface area contributed by atoms with Crippen LogP contribution in [0, 0.1) is 12.8 Å². The molecule has 4 aromatic rings. The molecule has 6 heteroatoms. The smallest absolute Gasteiger partial charge is 0.243 e. The zero-order chi connectivity index (χ0) is 29.6. The summed E-state index contributed by atoms with van der Waals surface area (Å²) < 4.78 is 36.7. The van der Waals surface area contributed by atoms with E-state index in [-0.39, 0.29) is 23.4 Å². The van der Waals surface area contributed by atoms with Crippen molar-refractivity contribution in [3.8, 4) is 0 Å². The first kappa shape index (κ1) is 28.1. The maximum absolute atomic E-state index is 14.2. The van der Waals surface area contributed by atoms with Crippen molar-refractivity contribution in [1.82, 2.24) is 4.31 Å². The first-order chi connectivity index (χ1) is 20.9. The summed E-state index contributed by atoms with van der Waals surface area (Å²) in [6, 6.07) is 36.5. The second-order valence-electron chi connectivity index (χ2n) is 12.3. The van der Waals surface area contributed by atoms with E-state index in [1.54, 1.807) is 16.4 Å². The summed E-state index contributed by atoms with van der Waals surface area (Å²) in [5.41, 5.74) is 6.56. The van der Waals surface area contributed by atoms with E-state index in [0.29, 0.717) is 31.1 Å². The summed E-state index contributed by atoms with van der Waals surface area (Å²) >= 11 is 0. The molecule has 4 aromatic carbocycles. The fourth-order valence-electron chi connectivity index (χ4n) is 7.91. The van der Waals surface area contributed by atoms with Crippen LogP contribution in [0.1, 0.15) is 35.1 Å². The van der Waals surface area contributed by atoms with Crippen LogP contribution < -0.4 is 4.90 Å². The molecule has 43 heavy (non-hydrogen) atoms. The molecule has 0 unspecified atom stereocenters. The highest BCUT2D eigenvalue weighted by molar-refractivity contribution is 7.89. The number of aryl methyl sites for hydroxylation is 1. The molecule has 5 nitrogen and oxygen atoms in total. The van der Waals surface area contributed by atoms with Crippen molar-refractivity contribution in [2.24, 2.45) is 5.92 Å². The van der Waals surface area contributed by atoms with Crippen molar-refractivity contribution in [2.75, 3.05) is 18.1 Å². The molecule has 2 heterocycles. The van der Waals surface area contributed by atoms with Crippen LogP contribution in [0.4, 0.5) is 5.69 Å². The molecule has 2 fully saturated rings. The zero-order valence-corrected chi connectivity index (χ0v) is 25.4. The lowest BCUT2D eigenvalue weighted by Crippen LogP contribution is -2.60. The van der Waals surface area contributed by atoms with Crippen LogP contribution in [-0.4, -0.2) is 38.0 Å². The number of nitrogens with zero attached hydrogens (tertiary/aromatic N) is 2. The number of anilines is 1. The second kappa shape index (κ2) is 11.1. The van der Waals surface area contributed by atoms with Gasteiger partial charge in [0.25, 0.3) is 0 Å². The number of ether oxygens (including phenoxy) is 1. The van der Waals surface area contributed by atoms with E-state index in [0.717, 1.165) is 29.7 Å². The van der Waals surface area contributed by atoms with Gasteiger partial charge in [0.2, 0.25) is 10.0 Å². The summed E-state index contributed by atoms with van der Waals surface area (Å²) in [6.45, 7) is 8.89. The van der Waals surface area contributed by atoms with Gasteiger partial charge >= 0.3 is 0 Å². The van der Waals surface area contributed by atoms with Crippen molar-refractivity contribution in [2.45, 2.75) is 55.3 Å². The van der Waals surface area contributed by atoms with E-state index in [9.17, 15) is 8.42 Å². The highest BCUT2D eigenvalue weighted by Crippen LogP contribution is 2.61. The maximum atomic E-state index is 14.2. The molecule has 0 bridgehead atoms. The van der Waals surface area contributed by atoms with E-state index in [1.807, 2.05) is 43.3 Å². The van der Waals surface area contributed by atoms with Crippen LogP contribution in [0.25, 0.3) is 0 Å². The van der Waals surface area contributed by atoms with Gasteiger partial charge in [0.15, 0.2) is 0 Å². The lowest BCUT2D eigenvalue weighted by molar-refractivity contribution is 0.0612. The van der Waals surface area contributed by atoms with Crippen LogP contribution in [0.3, 0.4) is 0 Å². The summed E-state index contributed by atoms with van der Waals surface area (Å²) in [5, 5.41) is 0. The van der Waals surface area contributed by atoms with E-state index in [2.05, 4.69) is 72.1 Å².